The van der Waals surface area contributed by atoms with Gasteiger partial charge in [-0.25, -0.2) is 19.3 Å². The quantitative estimate of drug-likeness (QED) is 0.737. The summed E-state index contributed by atoms with van der Waals surface area (Å²) in [6, 6.07) is 1.65. The van der Waals surface area contributed by atoms with Gasteiger partial charge in [-0.3, -0.25) is 4.79 Å². The molecular formula is C13H15N3O3. The first kappa shape index (κ1) is 13.2. The maximum Gasteiger partial charge on any atom is 0.419 e. The van der Waals surface area contributed by atoms with Crippen molar-refractivity contribution in [3.63, 3.8) is 0 Å². The van der Waals surface area contributed by atoms with E-state index in [1.807, 2.05) is 0 Å². The van der Waals surface area contributed by atoms with Crippen molar-refractivity contribution in [3.8, 4) is 0 Å². The number of carbonyl (C=O) groups is 2. The van der Waals surface area contributed by atoms with E-state index in [2.05, 4.69) is 9.97 Å². The molecule has 0 saturated heterocycles. The molecule has 2 rings (SSSR count). The van der Waals surface area contributed by atoms with Crippen molar-refractivity contribution < 1.29 is 14.3 Å². The van der Waals surface area contributed by atoms with Gasteiger partial charge in [0.05, 0.1) is 17.2 Å². The zero-order valence-electron chi connectivity index (χ0n) is 11.3. The number of ether oxygens (including phenoxy) is 1. The minimum Gasteiger partial charge on any atom is -0.443 e. The summed E-state index contributed by atoms with van der Waals surface area (Å²) >= 11 is 0. The molecule has 0 aliphatic carbocycles. The number of carbonyl (C=O) groups excluding carboxylic acids is 2. The lowest BCUT2D eigenvalue weighted by Crippen LogP contribution is -2.26. The van der Waals surface area contributed by atoms with E-state index in [1.54, 1.807) is 33.0 Å². The van der Waals surface area contributed by atoms with Gasteiger partial charge < -0.3 is 4.74 Å². The van der Waals surface area contributed by atoms with Gasteiger partial charge in [0.25, 0.3) is 0 Å². The van der Waals surface area contributed by atoms with E-state index >= 15 is 0 Å². The van der Waals surface area contributed by atoms with Gasteiger partial charge in [0.15, 0.2) is 11.6 Å². The molecule has 0 bridgehead atoms. The lowest BCUT2D eigenvalue weighted by molar-refractivity contribution is 0.0544. The third-order valence-electron chi connectivity index (χ3n) is 2.34. The van der Waals surface area contributed by atoms with Crippen molar-refractivity contribution in [1.29, 1.82) is 0 Å². The van der Waals surface area contributed by atoms with Crippen LogP contribution in [0.2, 0.25) is 0 Å². The summed E-state index contributed by atoms with van der Waals surface area (Å²) in [6.07, 6.45) is 2.50. The number of aromatic nitrogens is 3. The predicted molar refractivity (Wildman–Crippen MR) is 69.2 cm³/mol. The van der Waals surface area contributed by atoms with Crippen LogP contribution in [0.3, 0.4) is 0 Å². The standard InChI is InChI=1S/C13H15N3O3/c1-8(17)11-14-7-10-9(15-11)5-6-16(10)12(18)19-13(2,3)4/h5-7H,1-4H3. The summed E-state index contributed by atoms with van der Waals surface area (Å²) in [5, 5.41) is 0. The van der Waals surface area contributed by atoms with Gasteiger partial charge in [-0.1, -0.05) is 0 Å². The van der Waals surface area contributed by atoms with Crippen LogP contribution in [0, 0.1) is 0 Å². The van der Waals surface area contributed by atoms with Crippen LogP contribution < -0.4 is 0 Å². The summed E-state index contributed by atoms with van der Waals surface area (Å²) < 4.78 is 6.59. The molecule has 0 spiro atoms. The number of nitrogens with zero attached hydrogens (tertiary/aromatic N) is 3. The highest BCUT2D eigenvalue weighted by Crippen LogP contribution is 2.16. The number of fused-ring (bicyclic) bond motifs is 1. The van der Waals surface area contributed by atoms with E-state index in [0.717, 1.165) is 0 Å². The summed E-state index contributed by atoms with van der Waals surface area (Å²) in [5.41, 5.74) is 0.471. The highest BCUT2D eigenvalue weighted by Gasteiger charge is 2.19. The van der Waals surface area contributed by atoms with Crippen molar-refractivity contribution >= 4 is 22.9 Å². The Bertz CT molecular complexity index is 653. The molecule has 2 aromatic rings. The second-order valence-corrected chi connectivity index (χ2v) is 5.19. The van der Waals surface area contributed by atoms with Crippen LogP contribution in [0.15, 0.2) is 18.5 Å². The molecule has 19 heavy (non-hydrogen) atoms. The summed E-state index contributed by atoms with van der Waals surface area (Å²) in [6.45, 7) is 6.77. The molecule has 0 aliphatic heterocycles. The lowest BCUT2D eigenvalue weighted by Gasteiger charge is -2.19. The lowest BCUT2D eigenvalue weighted by atomic mass is 10.2. The van der Waals surface area contributed by atoms with Crippen LogP contribution >= 0.6 is 0 Å². The van der Waals surface area contributed by atoms with Gasteiger partial charge in [0, 0.05) is 13.1 Å². The monoisotopic (exact) mass is 261 g/mol. The maximum atomic E-state index is 12.0. The number of Topliss-reactive ketones (excluding diaryl/α,β-unsaturated/α-hetero) is 1. The molecule has 0 saturated carbocycles. The van der Waals surface area contributed by atoms with Gasteiger partial charge in [-0.05, 0) is 26.8 Å². The second-order valence-electron chi connectivity index (χ2n) is 5.19. The third-order valence-corrected chi connectivity index (χ3v) is 2.34. The summed E-state index contributed by atoms with van der Waals surface area (Å²) in [7, 11) is 0. The first-order valence-electron chi connectivity index (χ1n) is 5.86. The first-order valence-corrected chi connectivity index (χ1v) is 5.86. The van der Waals surface area contributed by atoms with Crippen LogP contribution in [0.25, 0.3) is 11.0 Å². The number of hydrogen-bond donors (Lipinski definition) is 0. The van der Waals surface area contributed by atoms with Gasteiger partial charge in [-0.2, -0.15) is 0 Å². The van der Waals surface area contributed by atoms with Crippen LogP contribution in [0.4, 0.5) is 4.79 Å². The Morgan fingerprint density at radius 1 is 1.32 bits per heavy atom. The Balaban J connectivity index is 2.41. The van der Waals surface area contributed by atoms with Crippen molar-refractivity contribution in [1.82, 2.24) is 14.5 Å². The molecule has 0 radical (unpaired) electrons. The molecule has 0 fully saturated rings. The molecule has 100 valence electrons. The normalized spacial score (nSPS) is 11.6. The van der Waals surface area contributed by atoms with Crippen LogP contribution in [-0.2, 0) is 4.74 Å². The molecule has 0 unspecified atom stereocenters. The third kappa shape index (κ3) is 2.78. The maximum absolute atomic E-state index is 12.0. The summed E-state index contributed by atoms with van der Waals surface area (Å²) in [4.78, 5) is 31.2. The molecule has 6 heteroatoms. The van der Waals surface area contributed by atoms with Gasteiger partial charge in [0.1, 0.15) is 5.60 Å². The Hall–Kier alpha value is -2.24. The van der Waals surface area contributed by atoms with E-state index in [1.165, 1.54) is 17.7 Å². The fraction of sp³-hybridized carbons (Fsp3) is 0.385. The molecule has 0 aliphatic rings. The minimum atomic E-state index is -0.576. The first-order chi connectivity index (χ1) is 8.78. The molecule has 0 amide bonds. The van der Waals surface area contributed by atoms with Crippen molar-refractivity contribution in [2.75, 3.05) is 0 Å². The van der Waals surface area contributed by atoms with Gasteiger partial charge >= 0.3 is 6.09 Å². The zero-order chi connectivity index (χ0) is 14.2. The topological polar surface area (TPSA) is 74.1 Å². The van der Waals surface area contributed by atoms with E-state index in [-0.39, 0.29) is 11.6 Å². The molecule has 0 atom stereocenters. The molecule has 0 N–H and O–H groups in total. The Morgan fingerprint density at radius 2 is 2.00 bits per heavy atom. The average Bonchev–Trinajstić information content (AvgIpc) is 2.68. The summed E-state index contributed by atoms with van der Waals surface area (Å²) in [5.74, 6) is -0.0821. The SMILES string of the molecule is CC(=O)c1ncc2c(ccn2C(=O)OC(C)(C)C)n1. The molecule has 6 nitrogen and oxygen atoms in total. The number of rotatable bonds is 1. The van der Waals surface area contributed by atoms with Crippen LogP contribution in [-0.4, -0.2) is 32.0 Å². The number of hydrogen-bond acceptors (Lipinski definition) is 5. The van der Waals surface area contributed by atoms with E-state index in [4.69, 9.17) is 4.74 Å². The van der Waals surface area contributed by atoms with Crippen LogP contribution in [0.1, 0.15) is 38.3 Å². The van der Waals surface area contributed by atoms with E-state index < -0.39 is 11.7 Å². The van der Waals surface area contributed by atoms with Crippen LogP contribution in [0.5, 0.6) is 0 Å². The zero-order valence-corrected chi connectivity index (χ0v) is 11.3. The molecule has 2 aromatic heterocycles. The Kier molecular flexibility index (Phi) is 3.09. The van der Waals surface area contributed by atoms with E-state index in [0.29, 0.717) is 11.0 Å². The van der Waals surface area contributed by atoms with Crippen molar-refractivity contribution in [2.45, 2.75) is 33.3 Å². The molecule has 2 heterocycles. The smallest absolute Gasteiger partial charge is 0.419 e. The fourth-order valence-electron chi connectivity index (χ4n) is 1.56. The Labute approximate surface area is 110 Å². The minimum absolute atomic E-state index is 0.134. The second kappa shape index (κ2) is 4.46. The van der Waals surface area contributed by atoms with Gasteiger partial charge in [-0.15, -0.1) is 0 Å². The fourth-order valence-corrected chi connectivity index (χ4v) is 1.56. The molecule has 0 aromatic carbocycles. The highest BCUT2D eigenvalue weighted by atomic mass is 16.6. The van der Waals surface area contributed by atoms with Gasteiger partial charge in [0.2, 0.25) is 0 Å². The Morgan fingerprint density at radius 3 is 2.58 bits per heavy atom. The van der Waals surface area contributed by atoms with E-state index in [9.17, 15) is 9.59 Å². The number of ketones is 1. The highest BCUT2D eigenvalue weighted by molar-refractivity contribution is 5.93. The predicted octanol–water partition coefficient (Wildman–Crippen LogP) is 2.42. The average molecular weight is 261 g/mol. The van der Waals surface area contributed by atoms with Crippen molar-refractivity contribution in [2.24, 2.45) is 0 Å². The largest absolute Gasteiger partial charge is 0.443 e. The van der Waals surface area contributed by atoms with Crippen molar-refractivity contribution in [3.05, 3.63) is 24.3 Å². The molecular weight excluding hydrogens is 246 g/mol.